The lowest BCUT2D eigenvalue weighted by atomic mass is 10.1. The van der Waals surface area contributed by atoms with E-state index in [4.69, 9.17) is 0 Å². The standard InChI is InChI=1S/C18H21N3O2S/c1-13-11-19-8-9-21(13)18(23)15-6-4-14(5-7-15)12-20-17(22)16-3-2-10-24-16/h2-7,10,13,19H,8-9,11-12H2,1H3,(H,20,22)/t13-/m0/s1. The van der Waals surface area contributed by atoms with E-state index in [1.54, 1.807) is 6.07 Å². The molecule has 2 heterocycles. The molecule has 24 heavy (non-hydrogen) atoms. The average Bonchev–Trinajstić information content (AvgIpc) is 3.15. The summed E-state index contributed by atoms with van der Waals surface area (Å²) in [6.07, 6.45) is 0. The second-order valence-corrected chi connectivity index (χ2v) is 6.86. The van der Waals surface area contributed by atoms with Crippen molar-refractivity contribution in [2.75, 3.05) is 19.6 Å². The van der Waals surface area contributed by atoms with Crippen LogP contribution in [0, 0.1) is 0 Å². The van der Waals surface area contributed by atoms with Gasteiger partial charge in [-0.2, -0.15) is 0 Å². The number of carbonyl (C=O) groups is 2. The van der Waals surface area contributed by atoms with E-state index in [0.29, 0.717) is 17.0 Å². The van der Waals surface area contributed by atoms with E-state index in [0.717, 1.165) is 25.2 Å². The van der Waals surface area contributed by atoms with Crippen LogP contribution in [0.2, 0.25) is 0 Å². The van der Waals surface area contributed by atoms with Crippen LogP contribution in [0.5, 0.6) is 0 Å². The molecule has 0 unspecified atom stereocenters. The molecule has 2 amide bonds. The number of thiophene rings is 1. The van der Waals surface area contributed by atoms with E-state index in [1.165, 1.54) is 11.3 Å². The van der Waals surface area contributed by atoms with Crippen molar-refractivity contribution in [1.82, 2.24) is 15.5 Å². The Morgan fingerprint density at radius 1 is 1.29 bits per heavy atom. The summed E-state index contributed by atoms with van der Waals surface area (Å²) in [6, 6.07) is 11.3. The van der Waals surface area contributed by atoms with Crippen LogP contribution < -0.4 is 10.6 Å². The smallest absolute Gasteiger partial charge is 0.261 e. The van der Waals surface area contributed by atoms with Gasteiger partial charge in [0, 0.05) is 37.8 Å². The predicted molar refractivity (Wildman–Crippen MR) is 95.3 cm³/mol. The van der Waals surface area contributed by atoms with Crippen molar-refractivity contribution in [3.05, 3.63) is 57.8 Å². The van der Waals surface area contributed by atoms with Gasteiger partial charge in [-0.05, 0) is 36.1 Å². The van der Waals surface area contributed by atoms with E-state index >= 15 is 0 Å². The summed E-state index contributed by atoms with van der Waals surface area (Å²) >= 11 is 1.42. The molecule has 1 aromatic carbocycles. The van der Waals surface area contributed by atoms with Crippen LogP contribution in [-0.4, -0.2) is 42.4 Å². The highest BCUT2D eigenvalue weighted by molar-refractivity contribution is 7.12. The van der Waals surface area contributed by atoms with Gasteiger partial charge in [-0.25, -0.2) is 0 Å². The molecule has 1 atom stereocenters. The molecule has 1 aromatic heterocycles. The van der Waals surface area contributed by atoms with Gasteiger partial charge in [-0.3, -0.25) is 9.59 Å². The third kappa shape index (κ3) is 3.83. The van der Waals surface area contributed by atoms with Crippen LogP contribution in [0.1, 0.15) is 32.5 Å². The summed E-state index contributed by atoms with van der Waals surface area (Å²) in [7, 11) is 0. The van der Waals surface area contributed by atoms with Gasteiger partial charge in [0.15, 0.2) is 0 Å². The number of nitrogens with one attached hydrogen (secondary N) is 2. The molecule has 0 radical (unpaired) electrons. The van der Waals surface area contributed by atoms with Gasteiger partial charge < -0.3 is 15.5 Å². The summed E-state index contributed by atoms with van der Waals surface area (Å²) in [4.78, 5) is 27.1. The maximum Gasteiger partial charge on any atom is 0.261 e. The minimum atomic E-state index is -0.0696. The van der Waals surface area contributed by atoms with Gasteiger partial charge in [0.05, 0.1) is 4.88 Å². The largest absolute Gasteiger partial charge is 0.347 e. The second-order valence-electron chi connectivity index (χ2n) is 5.91. The van der Waals surface area contributed by atoms with Crippen molar-refractivity contribution in [3.8, 4) is 0 Å². The molecular weight excluding hydrogens is 322 g/mol. The molecule has 0 bridgehead atoms. The fourth-order valence-electron chi connectivity index (χ4n) is 2.75. The molecule has 1 saturated heterocycles. The van der Waals surface area contributed by atoms with Crippen LogP contribution in [-0.2, 0) is 6.54 Å². The molecule has 0 spiro atoms. The second kappa shape index (κ2) is 7.59. The number of amides is 2. The van der Waals surface area contributed by atoms with Gasteiger partial charge in [-0.15, -0.1) is 11.3 Å². The molecule has 1 aliphatic heterocycles. The molecule has 0 saturated carbocycles. The fraction of sp³-hybridized carbons (Fsp3) is 0.333. The zero-order valence-corrected chi connectivity index (χ0v) is 14.4. The number of carbonyl (C=O) groups excluding carboxylic acids is 2. The van der Waals surface area contributed by atoms with Crippen LogP contribution >= 0.6 is 11.3 Å². The zero-order valence-electron chi connectivity index (χ0n) is 13.6. The minimum Gasteiger partial charge on any atom is -0.347 e. The van der Waals surface area contributed by atoms with Gasteiger partial charge in [0.25, 0.3) is 11.8 Å². The fourth-order valence-corrected chi connectivity index (χ4v) is 3.39. The number of benzene rings is 1. The molecular formula is C18H21N3O2S. The highest BCUT2D eigenvalue weighted by Crippen LogP contribution is 2.12. The SMILES string of the molecule is C[C@H]1CNCCN1C(=O)c1ccc(CNC(=O)c2cccs2)cc1. The molecule has 5 nitrogen and oxygen atoms in total. The molecule has 1 aliphatic rings. The van der Waals surface area contributed by atoms with Crippen LogP contribution in [0.15, 0.2) is 41.8 Å². The van der Waals surface area contributed by atoms with E-state index < -0.39 is 0 Å². The lowest BCUT2D eigenvalue weighted by Crippen LogP contribution is -2.52. The van der Waals surface area contributed by atoms with Crippen molar-refractivity contribution in [1.29, 1.82) is 0 Å². The first-order valence-corrected chi connectivity index (χ1v) is 8.95. The van der Waals surface area contributed by atoms with Gasteiger partial charge in [0.2, 0.25) is 0 Å². The van der Waals surface area contributed by atoms with E-state index in [1.807, 2.05) is 40.6 Å². The maximum absolute atomic E-state index is 12.6. The molecule has 3 rings (SSSR count). The Labute approximate surface area is 145 Å². The topological polar surface area (TPSA) is 61.4 Å². The first kappa shape index (κ1) is 16.7. The normalized spacial score (nSPS) is 17.5. The van der Waals surface area contributed by atoms with Gasteiger partial charge >= 0.3 is 0 Å². The molecule has 6 heteroatoms. The summed E-state index contributed by atoms with van der Waals surface area (Å²) in [5.74, 6) is -0.00188. The minimum absolute atomic E-state index is 0.0678. The van der Waals surface area contributed by atoms with Crippen molar-refractivity contribution in [2.45, 2.75) is 19.5 Å². The molecule has 2 aromatic rings. The summed E-state index contributed by atoms with van der Waals surface area (Å²) in [5, 5.41) is 8.06. The summed E-state index contributed by atoms with van der Waals surface area (Å²) in [5.41, 5.74) is 1.67. The molecule has 126 valence electrons. The Morgan fingerprint density at radius 3 is 2.75 bits per heavy atom. The highest BCUT2D eigenvalue weighted by Gasteiger charge is 2.23. The van der Waals surface area contributed by atoms with Crippen molar-refractivity contribution < 1.29 is 9.59 Å². The number of rotatable bonds is 4. The lowest BCUT2D eigenvalue weighted by molar-refractivity contribution is 0.0655. The molecule has 2 N–H and O–H groups in total. The Bertz CT molecular complexity index is 698. The number of hydrogen-bond donors (Lipinski definition) is 2. The quantitative estimate of drug-likeness (QED) is 0.894. The first-order chi connectivity index (χ1) is 11.6. The number of piperazine rings is 1. The monoisotopic (exact) mass is 343 g/mol. The Balaban J connectivity index is 1.58. The highest BCUT2D eigenvalue weighted by atomic mass is 32.1. The van der Waals surface area contributed by atoms with Crippen molar-refractivity contribution in [2.24, 2.45) is 0 Å². The van der Waals surface area contributed by atoms with E-state index in [9.17, 15) is 9.59 Å². The van der Waals surface area contributed by atoms with Crippen molar-refractivity contribution >= 4 is 23.2 Å². The van der Waals surface area contributed by atoms with Crippen LogP contribution in [0.3, 0.4) is 0 Å². The van der Waals surface area contributed by atoms with E-state index in [-0.39, 0.29) is 17.9 Å². The number of hydrogen-bond acceptors (Lipinski definition) is 4. The summed E-state index contributed by atoms with van der Waals surface area (Å²) in [6.45, 7) is 4.91. The van der Waals surface area contributed by atoms with Crippen molar-refractivity contribution in [3.63, 3.8) is 0 Å². The Morgan fingerprint density at radius 2 is 2.08 bits per heavy atom. The average molecular weight is 343 g/mol. The van der Waals surface area contributed by atoms with Crippen LogP contribution in [0.25, 0.3) is 0 Å². The first-order valence-electron chi connectivity index (χ1n) is 8.07. The van der Waals surface area contributed by atoms with Crippen LogP contribution in [0.4, 0.5) is 0 Å². The molecule has 1 fully saturated rings. The Kier molecular flexibility index (Phi) is 5.27. The summed E-state index contributed by atoms with van der Waals surface area (Å²) < 4.78 is 0. The lowest BCUT2D eigenvalue weighted by Gasteiger charge is -2.34. The maximum atomic E-state index is 12.6. The Hall–Kier alpha value is -2.18. The number of nitrogens with zero attached hydrogens (tertiary/aromatic N) is 1. The predicted octanol–water partition coefficient (Wildman–Crippen LogP) is 2.11. The van der Waals surface area contributed by atoms with Gasteiger partial charge in [0.1, 0.15) is 0 Å². The third-order valence-corrected chi connectivity index (χ3v) is 5.03. The zero-order chi connectivity index (χ0) is 16.9. The molecule has 0 aliphatic carbocycles. The third-order valence-electron chi connectivity index (χ3n) is 4.16. The van der Waals surface area contributed by atoms with E-state index in [2.05, 4.69) is 17.6 Å². The van der Waals surface area contributed by atoms with Gasteiger partial charge in [-0.1, -0.05) is 18.2 Å².